The Kier molecular flexibility index (Phi) is 9.08. The van der Waals surface area contributed by atoms with Crippen LogP contribution in [-0.4, -0.2) is 12.6 Å². The highest BCUT2D eigenvalue weighted by Crippen LogP contribution is 2.44. The average Bonchev–Trinajstić information content (AvgIpc) is 2.78. The summed E-state index contributed by atoms with van der Waals surface area (Å²) in [5.41, 5.74) is 2.10. The predicted octanol–water partition coefficient (Wildman–Crippen LogP) is 7.91. The Morgan fingerprint density at radius 1 is 0.828 bits per heavy atom. The van der Waals surface area contributed by atoms with Gasteiger partial charge in [0.15, 0.2) is 0 Å². The van der Waals surface area contributed by atoms with Gasteiger partial charge in [-0.2, -0.15) is 0 Å². The molecule has 0 radical (unpaired) electrons. The van der Waals surface area contributed by atoms with Crippen LogP contribution in [0.4, 0.5) is 0 Å². The topological polar surface area (TPSA) is 26.3 Å². The standard InChI is InChI=1S/C27H42O2/c1-3-5-6-7-21-8-10-22(11-9-21)23-12-14-24(15-13-23)25-16-18-26(19-17-25)27(28)29-20-4-2/h16-19,21-24H,3-15,20H2,1-2H3/t21-,22-,23?,24?. The fourth-order valence-electron chi connectivity index (χ4n) is 5.72. The average molecular weight is 399 g/mol. The number of benzene rings is 1. The maximum Gasteiger partial charge on any atom is 0.338 e. The molecule has 1 aromatic carbocycles. The van der Waals surface area contributed by atoms with Gasteiger partial charge in [-0.15, -0.1) is 0 Å². The first kappa shape index (κ1) is 22.4. The Labute approximate surface area is 178 Å². The zero-order valence-electron chi connectivity index (χ0n) is 18.8. The molecule has 162 valence electrons. The second-order valence-corrected chi connectivity index (χ2v) is 9.65. The van der Waals surface area contributed by atoms with E-state index in [2.05, 4.69) is 19.1 Å². The fraction of sp³-hybridized carbons (Fsp3) is 0.741. The van der Waals surface area contributed by atoms with Crippen molar-refractivity contribution < 1.29 is 9.53 Å². The van der Waals surface area contributed by atoms with Crippen molar-refractivity contribution in [2.24, 2.45) is 17.8 Å². The Morgan fingerprint density at radius 3 is 2.03 bits per heavy atom. The van der Waals surface area contributed by atoms with Gasteiger partial charge in [-0.3, -0.25) is 0 Å². The Hall–Kier alpha value is -1.31. The first-order chi connectivity index (χ1) is 14.2. The quantitative estimate of drug-likeness (QED) is 0.312. The zero-order valence-corrected chi connectivity index (χ0v) is 18.8. The van der Waals surface area contributed by atoms with Crippen LogP contribution in [-0.2, 0) is 4.74 Å². The molecule has 1 aromatic rings. The van der Waals surface area contributed by atoms with Crippen molar-refractivity contribution in [1.29, 1.82) is 0 Å². The lowest BCUT2D eigenvalue weighted by molar-refractivity contribution is 0.0505. The SMILES string of the molecule is CCCCC[C@H]1CC[C@H](C2CCC(c3ccc(C(=O)OCCC)cc3)CC2)CC1. The third-order valence-electron chi connectivity index (χ3n) is 7.60. The van der Waals surface area contributed by atoms with Crippen LogP contribution in [0.2, 0.25) is 0 Å². The number of hydrogen-bond donors (Lipinski definition) is 0. The number of carbonyl (C=O) groups is 1. The molecule has 0 atom stereocenters. The molecule has 0 saturated heterocycles. The maximum absolute atomic E-state index is 12.0. The highest BCUT2D eigenvalue weighted by atomic mass is 16.5. The van der Waals surface area contributed by atoms with Gasteiger partial charge in [0.05, 0.1) is 12.2 Å². The molecule has 2 aliphatic carbocycles. The normalized spacial score (nSPS) is 27.5. The number of unbranched alkanes of at least 4 members (excludes halogenated alkanes) is 2. The molecule has 0 bridgehead atoms. The summed E-state index contributed by atoms with van der Waals surface area (Å²) in [6.07, 6.45) is 18.0. The van der Waals surface area contributed by atoms with Crippen molar-refractivity contribution in [1.82, 2.24) is 0 Å². The molecule has 2 heteroatoms. The van der Waals surface area contributed by atoms with Gasteiger partial charge in [0.2, 0.25) is 0 Å². The number of ether oxygens (including phenoxy) is 1. The molecule has 3 rings (SSSR count). The minimum absolute atomic E-state index is 0.188. The molecule has 0 aromatic heterocycles. The van der Waals surface area contributed by atoms with Crippen LogP contribution in [0.3, 0.4) is 0 Å². The lowest BCUT2D eigenvalue weighted by Gasteiger charge is -2.38. The molecule has 0 spiro atoms. The van der Waals surface area contributed by atoms with E-state index < -0.39 is 0 Å². The van der Waals surface area contributed by atoms with Crippen LogP contribution in [0, 0.1) is 17.8 Å². The molecule has 2 fully saturated rings. The monoisotopic (exact) mass is 398 g/mol. The summed E-state index contributed by atoms with van der Waals surface area (Å²) in [4.78, 5) is 12.0. The van der Waals surface area contributed by atoms with Crippen molar-refractivity contribution in [3.05, 3.63) is 35.4 Å². The maximum atomic E-state index is 12.0. The first-order valence-electron chi connectivity index (χ1n) is 12.5. The van der Waals surface area contributed by atoms with Gasteiger partial charge in [0.25, 0.3) is 0 Å². The molecule has 2 nitrogen and oxygen atoms in total. The van der Waals surface area contributed by atoms with Gasteiger partial charge in [-0.1, -0.05) is 64.5 Å². The second-order valence-electron chi connectivity index (χ2n) is 9.65. The largest absolute Gasteiger partial charge is 0.462 e. The van der Waals surface area contributed by atoms with Crippen LogP contribution in [0.15, 0.2) is 24.3 Å². The van der Waals surface area contributed by atoms with Crippen LogP contribution >= 0.6 is 0 Å². The third-order valence-corrected chi connectivity index (χ3v) is 7.60. The van der Waals surface area contributed by atoms with E-state index in [1.54, 1.807) is 0 Å². The smallest absolute Gasteiger partial charge is 0.338 e. The highest BCUT2D eigenvalue weighted by Gasteiger charge is 2.31. The summed E-state index contributed by atoms with van der Waals surface area (Å²) >= 11 is 0. The van der Waals surface area contributed by atoms with Crippen LogP contribution in [0.1, 0.15) is 119 Å². The van der Waals surface area contributed by atoms with E-state index in [1.165, 1.54) is 82.6 Å². The third kappa shape index (κ3) is 6.59. The van der Waals surface area contributed by atoms with Crippen LogP contribution < -0.4 is 0 Å². The highest BCUT2D eigenvalue weighted by molar-refractivity contribution is 5.89. The molecule has 29 heavy (non-hydrogen) atoms. The van der Waals surface area contributed by atoms with Crippen molar-refractivity contribution >= 4 is 5.97 Å². The lowest BCUT2D eigenvalue weighted by atomic mass is 9.68. The minimum atomic E-state index is -0.188. The molecular formula is C27H42O2. The molecular weight excluding hydrogens is 356 g/mol. The number of rotatable bonds is 9. The van der Waals surface area contributed by atoms with E-state index in [-0.39, 0.29) is 5.97 Å². The van der Waals surface area contributed by atoms with Gasteiger partial charge < -0.3 is 4.74 Å². The van der Waals surface area contributed by atoms with E-state index >= 15 is 0 Å². The number of hydrogen-bond acceptors (Lipinski definition) is 2. The molecule has 0 heterocycles. The van der Waals surface area contributed by atoms with Gasteiger partial charge >= 0.3 is 5.97 Å². The second kappa shape index (κ2) is 11.8. The van der Waals surface area contributed by atoms with Gasteiger partial charge in [0, 0.05) is 0 Å². The summed E-state index contributed by atoms with van der Waals surface area (Å²) in [6.45, 7) is 4.83. The Bertz CT molecular complexity index is 589. The molecule has 0 N–H and O–H groups in total. The summed E-state index contributed by atoms with van der Waals surface area (Å²) in [5, 5.41) is 0. The number of carbonyl (C=O) groups excluding carboxylic acids is 1. The van der Waals surface area contributed by atoms with Crippen LogP contribution in [0.25, 0.3) is 0 Å². The van der Waals surface area contributed by atoms with Crippen molar-refractivity contribution in [3.8, 4) is 0 Å². The van der Waals surface area contributed by atoms with Crippen LogP contribution in [0.5, 0.6) is 0 Å². The lowest BCUT2D eigenvalue weighted by Crippen LogP contribution is -2.25. The van der Waals surface area contributed by atoms with Crippen molar-refractivity contribution in [2.75, 3.05) is 6.61 Å². The minimum Gasteiger partial charge on any atom is -0.462 e. The van der Waals surface area contributed by atoms with Gasteiger partial charge in [0.1, 0.15) is 0 Å². The first-order valence-corrected chi connectivity index (χ1v) is 12.5. The number of esters is 1. The van der Waals surface area contributed by atoms with Crippen molar-refractivity contribution in [2.45, 2.75) is 103 Å². The van der Waals surface area contributed by atoms with E-state index in [9.17, 15) is 4.79 Å². The van der Waals surface area contributed by atoms with Gasteiger partial charge in [-0.05, 0) is 86.3 Å². The van der Waals surface area contributed by atoms with E-state index in [0.29, 0.717) is 18.1 Å². The van der Waals surface area contributed by atoms with Crippen molar-refractivity contribution in [3.63, 3.8) is 0 Å². The summed E-state index contributed by atoms with van der Waals surface area (Å²) in [6, 6.07) is 8.24. The van der Waals surface area contributed by atoms with E-state index in [1.807, 2.05) is 19.1 Å². The fourth-order valence-corrected chi connectivity index (χ4v) is 5.72. The molecule has 0 amide bonds. The summed E-state index contributed by atoms with van der Waals surface area (Å²) in [5.74, 6) is 3.47. The Balaban J connectivity index is 1.41. The molecule has 2 saturated carbocycles. The Morgan fingerprint density at radius 2 is 1.45 bits per heavy atom. The molecule has 2 aliphatic rings. The summed E-state index contributed by atoms with van der Waals surface area (Å²) in [7, 11) is 0. The summed E-state index contributed by atoms with van der Waals surface area (Å²) < 4.78 is 5.24. The zero-order chi connectivity index (χ0) is 20.5. The molecule has 0 aliphatic heterocycles. The van der Waals surface area contributed by atoms with Gasteiger partial charge in [-0.25, -0.2) is 4.79 Å². The predicted molar refractivity (Wildman–Crippen MR) is 121 cm³/mol. The van der Waals surface area contributed by atoms with E-state index in [4.69, 9.17) is 4.74 Å². The van der Waals surface area contributed by atoms with E-state index in [0.717, 1.165) is 24.2 Å². The molecule has 0 unspecified atom stereocenters.